The molecule has 6 nitrogen and oxygen atoms in total. The van der Waals surface area contributed by atoms with Gasteiger partial charge in [0.25, 0.3) is 0 Å². The Morgan fingerprint density at radius 1 is 1.14 bits per heavy atom. The summed E-state index contributed by atoms with van der Waals surface area (Å²) in [6, 6.07) is 6.91. The first-order valence-electron chi connectivity index (χ1n) is 7.08. The van der Waals surface area contributed by atoms with Crippen molar-refractivity contribution in [3.8, 4) is 5.75 Å². The van der Waals surface area contributed by atoms with E-state index in [0.717, 1.165) is 6.61 Å². The highest BCUT2D eigenvalue weighted by Gasteiger charge is 2.51. The number of carbonyl (C=O) groups is 1. The third-order valence-electron chi connectivity index (χ3n) is 3.65. The van der Waals surface area contributed by atoms with E-state index >= 15 is 0 Å². The number of hydrogen-bond donors (Lipinski definition) is 0. The van der Waals surface area contributed by atoms with Crippen LogP contribution in [-0.4, -0.2) is 56.8 Å². The van der Waals surface area contributed by atoms with Crippen LogP contribution in [0.15, 0.2) is 24.3 Å². The van der Waals surface area contributed by atoms with Gasteiger partial charge in [-0.05, 0) is 24.3 Å². The molecule has 4 rings (SSSR count). The number of carbonyl (C=O) groups excluding carboxylic acids is 1. The Bertz CT molecular complexity index is 519. The molecule has 3 saturated heterocycles. The predicted molar refractivity (Wildman–Crippen MR) is 70.4 cm³/mol. The Labute approximate surface area is 121 Å². The van der Waals surface area contributed by atoms with Crippen molar-refractivity contribution in [3.05, 3.63) is 29.8 Å². The van der Waals surface area contributed by atoms with Crippen LogP contribution < -0.4 is 4.74 Å². The largest absolute Gasteiger partial charge is 0.491 e. The molecule has 1 aromatic rings. The molecular formula is C15H16O6. The normalized spacial score (nSPS) is 32.4. The van der Waals surface area contributed by atoms with E-state index in [4.69, 9.17) is 23.7 Å². The van der Waals surface area contributed by atoms with E-state index in [1.54, 1.807) is 24.3 Å². The predicted octanol–water partition coefficient (Wildman–Crippen LogP) is 0.787. The molecule has 3 heterocycles. The van der Waals surface area contributed by atoms with Gasteiger partial charge in [0, 0.05) is 0 Å². The summed E-state index contributed by atoms with van der Waals surface area (Å²) in [7, 11) is 0. The van der Waals surface area contributed by atoms with Crippen LogP contribution in [0.25, 0.3) is 0 Å². The summed E-state index contributed by atoms with van der Waals surface area (Å²) in [5, 5.41) is 0. The topological polar surface area (TPSA) is 73.1 Å². The summed E-state index contributed by atoms with van der Waals surface area (Å²) < 4.78 is 26.3. The van der Waals surface area contributed by atoms with Crippen LogP contribution in [0.5, 0.6) is 5.75 Å². The van der Waals surface area contributed by atoms with Crippen LogP contribution in [0.4, 0.5) is 0 Å². The summed E-state index contributed by atoms with van der Waals surface area (Å²) in [4.78, 5) is 11.7. The number of ether oxygens (including phenoxy) is 5. The fraction of sp³-hybridized carbons (Fsp3) is 0.533. The maximum absolute atomic E-state index is 11.7. The first-order chi connectivity index (χ1) is 10.3. The maximum Gasteiger partial charge on any atom is 0.338 e. The molecule has 0 aliphatic carbocycles. The second-order valence-corrected chi connectivity index (χ2v) is 5.40. The van der Waals surface area contributed by atoms with Crippen LogP contribution in [0, 0.1) is 0 Å². The van der Waals surface area contributed by atoms with Crippen molar-refractivity contribution in [1.29, 1.82) is 0 Å². The van der Waals surface area contributed by atoms with Crippen molar-refractivity contribution < 1.29 is 28.5 Å². The zero-order valence-electron chi connectivity index (χ0n) is 11.4. The Hall–Kier alpha value is -1.63. The Balaban J connectivity index is 1.23. The molecule has 21 heavy (non-hydrogen) atoms. The molecule has 3 aliphatic rings. The summed E-state index contributed by atoms with van der Waals surface area (Å²) in [6.07, 6.45) is 0.675. The Morgan fingerprint density at radius 3 is 2.57 bits per heavy atom. The molecule has 0 spiro atoms. The summed E-state index contributed by atoms with van der Waals surface area (Å²) in [6.45, 7) is 2.30. The summed E-state index contributed by atoms with van der Waals surface area (Å²) in [5.41, 5.74) is 0.509. The molecule has 0 radical (unpaired) electrons. The average molecular weight is 292 g/mol. The molecule has 4 atom stereocenters. The van der Waals surface area contributed by atoms with Gasteiger partial charge in [-0.25, -0.2) is 4.79 Å². The zero-order chi connectivity index (χ0) is 14.2. The second kappa shape index (κ2) is 5.29. The van der Waals surface area contributed by atoms with E-state index in [-0.39, 0.29) is 30.4 Å². The van der Waals surface area contributed by atoms with Crippen molar-refractivity contribution in [2.75, 3.05) is 26.4 Å². The maximum atomic E-state index is 11.7. The van der Waals surface area contributed by atoms with Crippen LogP contribution in [-0.2, 0) is 18.9 Å². The zero-order valence-corrected chi connectivity index (χ0v) is 11.4. The van der Waals surface area contributed by atoms with E-state index in [2.05, 4.69) is 0 Å². The summed E-state index contributed by atoms with van der Waals surface area (Å²) in [5.74, 6) is 0.372. The van der Waals surface area contributed by atoms with Crippen LogP contribution in [0.3, 0.4) is 0 Å². The quantitative estimate of drug-likeness (QED) is 0.546. The highest BCUT2D eigenvalue weighted by molar-refractivity contribution is 5.89. The molecule has 112 valence electrons. The smallest absolute Gasteiger partial charge is 0.338 e. The minimum atomic E-state index is -0.339. The molecule has 0 saturated carbocycles. The third-order valence-corrected chi connectivity index (χ3v) is 3.65. The van der Waals surface area contributed by atoms with Gasteiger partial charge in [-0.1, -0.05) is 0 Å². The Kier molecular flexibility index (Phi) is 3.29. The van der Waals surface area contributed by atoms with E-state index in [1.807, 2.05) is 0 Å². The monoisotopic (exact) mass is 292 g/mol. The second-order valence-electron chi connectivity index (χ2n) is 5.40. The molecule has 0 bridgehead atoms. The van der Waals surface area contributed by atoms with Crippen molar-refractivity contribution in [2.24, 2.45) is 0 Å². The SMILES string of the molecule is O=C(OCC1CO1)c1ccc(OCC2OC2C2CO2)cc1. The lowest BCUT2D eigenvalue weighted by molar-refractivity contribution is 0.0476. The van der Waals surface area contributed by atoms with Crippen molar-refractivity contribution in [2.45, 2.75) is 24.4 Å². The van der Waals surface area contributed by atoms with Gasteiger partial charge in [-0.2, -0.15) is 0 Å². The molecule has 6 heteroatoms. The molecule has 0 N–H and O–H groups in total. The molecule has 4 unspecified atom stereocenters. The number of hydrogen-bond acceptors (Lipinski definition) is 6. The number of epoxide rings is 3. The van der Waals surface area contributed by atoms with Crippen molar-refractivity contribution in [3.63, 3.8) is 0 Å². The number of esters is 1. The molecule has 0 amide bonds. The standard InChI is InChI=1S/C15H16O6/c16-15(20-6-11-5-17-11)9-1-3-10(4-2-9)18-8-13-14(21-13)12-7-19-12/h1-4,11-14H,5-8H2. The minimum absolute atomic E-state index is 0.0819. The van der Waals surface area contributed by atoms with Crippen molar-refractivity contribution in [1.82, 2.24) is 0 Å². The molecular weight excluding hydrogens is 276 g/mol. The first kappa shape index (κ1) is 13.1. The van der Waals surface area contributed by atoms with Gasteiger partial charge >= 0.3 is 5.97 Å². The van der Waals surface area contributed by atoms with Gasteiger partial charge in [-0.15, -0.1) is 0 Å². The van der Waals surface area contributed by atoms with E-state index < -0.39 is 0 Å². The lowest BCUT2D eigenvalue weighted by Crippen LogP contribution is -2.11. The molecule has 0 aromatic heterocycles. The van der Waals surface area contributed by atoms with Crippen molar-refractivity contribution >= 4 is 5.97 Å². The third kappa shape index (κ3) is 3.34. The van der Waals surface area contributed by atoms with Crippen LogP contribution in [0.2, 0.25) is 0 Å². The van der Waals surface area contributed by atoms with Gasteiger partial charge in [0.1, 0.15) is 43.4 Å². The van der Waals surface area contributed by atoms with E-state index in [9.17, 15) is 4.79 Å². The van der Waals surface area contributed by atoms with E-state index in [1.165, 1.54) is 0 Å². The lowest BCUT2D eigenvalue weighted by atomic mass is 10.2. The number of benzene rings is 1. The van der Waals surface area contributed by atoms with Gasteiger partial charge in [0.05, 0.1) is 18.8 Å². The Morgan fingerprint density at radius 2 is 1.90 bits per heavy atom. The highest BCUT2D eigenvalue weighted by atomic mass is 16.7. The first-order valence-corrected chi connectivity index (χ1v) is 7.08. The van der Waals surface area contributed by atoms with Gasteiger partial charge < -0.3 is 23.7 Å². The van der Waals surface area contributed by atoms with Crippen LogP contribution >= 0.6 is 0 Å². The van der Waals surface area contributed by atoms with Gasteiger partial charge in [-0.3, -0.25) is 0 Å². The highest BCUT2D eigenvalue weighted by Crippen LogP contribution is 2.33. The fourth-order valence-corrected chi connectivity index (χ4v) is 2.14. The summed E-state index contributed by atoms with van der Waals surface area (Å²) >= 11 is 0. The van der Waals surface area contributed by atoms with Gasteiger partial charge in [0.2, 0.25) is 0 Å². The number of rotatable bonds is 7. The van der Waals surface area contributed by atoms with Crippen LogP contribution in [0.1, 0.15) is 10.4 Å². The molecule has 1 aromatic carbocycles. The van der Waals surface area contributed by atoms with Gasteiger partial charge in [0.15, 0.2) is 0 Å². The minimum Gasteiger partial charge on any atom is -0.491 e. The lowest BCUT2D eigenvalue weighted by Gasteiger charge is -2.06. The van der Waals surface area contributed by atoms with E-state index in [0.29, 0.717) is 31.1 Å². The molecule has 3 aliphatic heterocycles. The fourth-order valence-electron chi connectivity index (χ4n) is 2.14. The average Bonchev–Trinajstić information content (AvgIpc) is 3.39. The molecule has 3 fully saturated rings.